The molecule has 1 unspecified atom stereocenters. The minimum atomic E-state index is -0.630. The number of rotatable bonds is 5. The molecule has 1 saturated heterocycles. The summed E-state index contributed by atoms with van der Waals surface area (Å²) < 4.78 is 14.5. The van der Waals surface area contributed by atoms with Gasteiger partial charge in [-0.05, 0) is 30.2 Å². The minimum Gasteiger partial charge on any atom is -0.366 e. The second-order valence-electron chi connectivity index (χ2n) is 6.29. The van der Waals surface area contributed by atoms with Crippen molar-refractivity contribution in [3.8, 4) is 0 Å². The van der Waals surface area contributed by atoms with Crippen molar-refractivity contribution in [1.82, 2.24) is 14.8 Å². The second kappa shape index (κ2) is 6.99. The molecule has 1 aliphatic rings. The van der Waals surface area contributed by atoms with Gasteiger partial charge in [0.25, 0.3) is 5.91 Å². The topological polar surface area (TPSA) is 97.4 Å². The van der Waals surface area contributed by atoms with Crippen LogP contribution in [0.15, 0.2) is 36.5 Å². The first-order valence-corrected chi connectivity index (χ1v) is 8.15. The first-order chi connectivity index (χ1) is 12.3. The van der Waals surface area contributed by atoms with Crippen LogP contribution in [0.1, 0.15) is 32.8 Å². The summed E-state index contributed by atoms with van der Waals surface area (Å²) in [6.07, 6.45) is 1.95. The number of nitrogens with one attached hydrogen (secondary N) is 1. The molecule has 2 aromatic rings. The predicted molar refractivity (Wildman–Crippen MR) is 91.6 cm³/mol. The molecule has 3 amide bonds. The van der Waals surface area contributed by atoms with E-state index < -0.39 is 17.9 Å². The Morgan fingerprint density at radius 3 is 2.62 bits per heavy atom. The van der Waals surface area contributed by atoms with Crippen LogP contribution in [0.3, 0.4) is 0 Å². The van der Waals surface area contributed by atoms with E-state index in [1.807, 2.05) is 0 Å². The number of aromatic nitrogens is 1. The Labute approximate surface area is 149 Å². The number of likely N-dealkylation sites (tertiary alicyclic amines) is 1. The zero-order chi connectivity index (χ0) is 18.8. The first kappa shape index (κ1) is 17.7. The molecule has 26 heavy (non-hydrogen) atoms. The normalized spacial score (nSPS) is 16.8. The molecule has 1 aromatic heterocycles. The van der Waals surface area contributed by atoms with Crippen LogP contribution in [0, 0.1) is 5.82 Å². The van der Waals surface area contributed by atoms with E-state index in [2.05, 4.69) is 5.32 Å². The number of nitrogens with zero attached hydrogens (tertiary/aromatic N) is 2. The zero-order valence-electron chi connectivity index (χ0n) is 14.2. The molecular weight excluding hydrogens is 339 g/mol. The average molecular weight is 358 g/mol. The molecule has 7 nitrogen and oxygen atoms in total. The van der Waals surface area contributed by atoms with Crippen LogP contribution in [-0.4, -0.2) is 39.8 Å². The van der Waals surface area contributed by atoms with Crippen LogP contribution in [0.5, 0.6) is 0 Å². The van der Waals surface area contributed by atoms with Crippen molar-refractivity contribution in [3.05, 3.63) is 59.2 Å². The highest BCUT2D eigenvalue weighted by Crippen LogP contribution is 2.16. The molecule has 1 aliphatic heterocycles. The molecule has 1 aromatic carbocycles. The molecule has 0 spiro atoms. The van der Waals surface area contributed by atoms with Crippen molar-refractivity contribution in [2.45, 2.75) is 19.0 Å². The molecule has 3 rings (SSSR count). The van der Waals surface area contributed by atoms with Gasteiger partial charge < -0.3 is 20.5 Å². The summed E-state index contributed by atoms with van der Waals surface area (Å²) in [7, 11) is 1.62. The van der Waals surface area contributed by atoms with E-state index >= 15 is 0 Å². The van der Waals surface area contributed by atoms with Crippen LogP contribution < -0.4 is 11.1 Å². The molecule has 0 radical (unpaired) electrons. The summed E-state index contributed by atoms with van der Waals surface area (Å²) >= 11 is 0. The number of amides is 3. The second-order valence-corrected chi connectivity index (χ2v) is 6.29. The number of nitrogens with two attached hydrogens (primary N) is 1. The monoisotopic (exact) mass is 358 g/mol. The molecule has 8 heteroatoms. The Morgan fingerprint density at radius 1 is 1.31 bits per heavy atom. The summed E-state index contributed by atoms with van der Waals surface area (Å²) in [6.45, 7) is 0.863. The SMILES string of the molecule is Cn1cc(C(N)=O)cc1C(=O)NC1CCN(Cc2ccc(F)cc2)C1=O. The van der Waals surface area contributed by atoms with E-state index in [0.29, 0.717) is 19.5 Å². The highest BCUT2D eigenvalue weighted by atomic mass is 19.1. The summed E-state index contributed by atoms with van der Waals surface area (Å²) in [5.41, 5.74) is 6.52. The number of primary amides is 1. The van der Waals surface area contributed by atoms with E-state index in [-0.39, 0.29) is 23.0 Å². The molecule has 1 fully saturated rings. The maximum Gasteiger partial charge on any atom is 0.268 e. The van der Waals surface area contributed by atoms with Gasteiger partial charge >= 0.3 is 0 Å². The van der Waals surface area contributed by atoms with E-state index in [4.69, 9.17) is 5.73 Å². The number of carbonyl (C=O) groups excluding carboxylic acids is 3. The van der Waals surface area contributed by atoms with Gasteiger partial charge in [0.05, 0.1) is 5.56 Å². The van der Waals surface area contributed by atoms with Crippen molar-refractivity contribution >= 4 is 17.7 Å². The summed E-state index contributed by atoms with van der Waals surface area (Å²) in [6, 6.07) is 6.72. The summed E-state index contributed by atoms with van der Waals surface area (Å²) in [5, 5.41) is 2.70. The number of carbonyl (C=O) groups is 3. The fourth-order valence-corrected chi connectivity index (χ4v) is 3.00. The maximum absolute atomic E-state index is 13.0. The largest absolute Gasteiger partial charge is 0.366 e. The lowest BCUT2D eigenvalue weighted by atomic mass is 10.2. The Hall–Kier alpha value is -3.16. The van der Waals surface area contributed by atoms with E-state index in [9.17, 15) is 18.8 Å². The van der Waals surface area contributed by atoms with Crippen molar-refractivity contribution in [1.29, 1.82) is 0 Å². The molecule has 1 atom stereocenters. The zero-order valence-corrected chi connectivity index (χ0v) is 14.2. The van der Waals surface area contributed by atoms with Crippen LogP contribution in [-0.2, 0) is 18.4 Å². The van der Waals surface area contributed by atoms with Gasteiger partial charge in [-0.15, -0.1) is 0 Å². The van der Waals surface area contributed by atoms with E-state index in [1.54, 1.807) is 24.1 Å². The summed E-state index contributed by atoms with van der Waals surface area (Å²) in [5.74, 6) is -1.58. The third-order valence-corrected chi connectivity index (χ3v) is 4.41. The molecule has 136 valence electrons. The highest BCUT2D eigenvalue weighted by molar-refractivity contribution is 6.00. The highest BCUT2D eigenvalue weighted by Gasteiger charge is 2.33. The predicted octanol–water partition coefficient (Wildman–Crippen LogP) is 0.794. The molecule has 0 saturated carbocycles. The minimum absolute atomic E-state index is 0.188. The standard InChI is InChI=1S/C18H19FN4O3/c1-22-10-12(16(20)24)8-15(22)17(25)21-14-6-7-23(18(14)26)9-11-2-4-13(19)5-3-11/h2-5,8,10,14H,6-7,9H2,1H3,(H2,20,24)(H,21,25). The third-order valence-electron chi connectivity index (χ3n) is 4.41. The Kier molecular flexibility index (Phi) is 4.75. The molecule has 2 heterocycles. The molecule has 3 N–H and O–H groups in total. The van der Waals surface area contributed by atoms with Crippen LogP contribution in [0.25, 0.3) is 0 Å². The summed E-state index contributed by atoms with van der Waals surface area (Å²) in [4.78, 5) is 37.7. The Morgan fingerprint density at radius 2 is 2.00 bits per heavy atom. The Bertz CT molecular complexity index is 860. The Balaban J connectivity index is 1.64. The fraction of sp³-hybridized carbons (Fsp3) is 0.278. The van der Waals surface area contributed by atoms with Gasteiger partial charge in [-0.1, -0.05) is 12.1 Å². The fourth-order valence-electron chi connectivity index (χ4n) is 3.00. The smallest absolute Gasteiger partial charge is 0.268 e. The third kappa shape index (κ3) is 3.58. The van der Waals surface area contributed by atoms with Gasteiger partial charge in [0, 0.05) is 26.3 Å². The number of halogens is 1. The first-order valence-electron chi connectivity index (χ1n) is 8.15. The van der Waals surface area contributed by atoms with Gasteiger partial charge in [0.1, 0.15) is 17.6 Å². The van der Waals surface area contributed by atoms with Crippen LogP contribution >= 0.6 is 0 Å². The maximum atomic E-state index is 13.0. The number of hydrogen-bond acceptors (Lipinski definition) is 3. The van der Waals surface area contributed by atoms with Gasteiger partial charge in [-0.2, -0.15) is 0 Å². The molecule has 0 aliphatic carbocycles. The molecule has 0 bridgehead atoms. The lowest BCUT2D eigenvalue weighted by Crippen LogP contribution is -2.41. The van der Waals surface area contributed by atoms with Crippen LogP contribution in [0.2, 0.25) is 0 Å². The van der Waals surface area contributed by atoms with Crippen molar-refractivity contribution in [2.75, 3.05) is 6.54 Å². The van der Waals surface area contributed by atoms with Gasteiger partial charge in [0.15, 0.2) is 0 Å². The van der Waals surface area contributed by atoms with E-state index in [0.717, 1.165) is 5.56 Å². The van der Waals surface area contributed by atoms with Gasteiger partial charge in [-0.25, -0.2) is 4.39 Å². The number of aryl methyl sites for hydroxylation is 1. The van der Waals surface area contributed by atoms with Crippen molar-refractivity contribution in [3.63, 3.8) is 0 Å². The lowest BCUT2D eigenvalue weighted by molar-refractivity contribution is -0.129. The lowest BCUT2D eigenvalue weighted by Gasteiger charge is -2.17. The van der Waals surface area contributed by atoms with Crippen molar-refractivity contribution < 1.29 is 18.8 Å². The van der Waals surface area contributed by atoms with Crippen LogP contribution in [0.4, 0.5) is 4.39 Å². The van der Waals surface area contributed by atoms with Crippen molar-refractivity contribution in [2.24, 2.45) is 12.8 Å². The molecular formula is C18H19FN4O3. The quantitative estimate of drug-likeness (QED) is 0.827. The average Bonchev–Trinajstić information content (AvgIpc) is 3.14. The van der Waals surface area contributed by atoms with Gasteiger partial charge in [-0.3, -0.25) is 14.4 Å². The number of benzene rings is 1. The van der Waals surface area contributed by atoms with Gasteiger partial charge in [0.2, 0.25) is 11.8 Å². The number of hydrogen-bond donors (Lipinski definition) is 2. The van der Waals surface area contributed by atoms with E-state index in [1.165, 1.54) is 29.0 Å².